The van der Waals surface area contributed by atoms with Crippen LogP contribution in [0.3, 0.4) is 0 Å². The molecule has 208 valence electrons. The number of benzene rings is 3. The number of carbonyl (C=O) groups excluding carboxylic acids is 2. The van der Waals surface area contributed by atoms with E-state index in [0.29, 0.717) is 24.4 Å². The molecule has 0 aromatic heterocycles. The van der Waals surface area contributed by atoms with E-state index in [9.17, 15) is 18.0 Å². The van der Waals surface area contributed by atoms with Gasteiger partial charge in [-0.15, -0.1) is 0 Å². The molecule has 0 aliphatic heterocycles. The molecule has 39 heavy (non-hydrogen) atoms. The van der Waals surface area contributed by atoms with Crippen molar-refractivity contribution in [2.75, 3.05) is 24.5 Å². The maximum Gasteiger partial charge on any atom is 0.264 e. The van der Waals surface area contributed by atoms with E-state index in [1.54, 1.807) is 67.8 Å². The Bertz CT molecular complexity index is 1320. The van der Waals surface area contributed by atoms with Gasteiger partial charge in [0.1, 0.15) is 18.3 Å². The quantitative estimate of drug-likeness (QED) is 0.295. The molecule has 9 heteroatoms. The van der Waals surface area contributed by atoms with Gasteiger partial charge in [0, 0.05) is 13.1 Å². The molecule has 0 saturated heterocycles. The van der Waals surface area contributed by atoms with Crippen LogP contribution in [0.2, 0.25) is 0 Å². The molecule has 0 fully saturated rings. The average Bonchev–Trinajstić information content (AvgIpc) is 2.96. The number of carbonyl (C=O) groups is 2. The second-order valence-corrected chi connectivity index (χ2v) is 11.0. The van der Waals surface area contributed by atoms with Gasteiger partial charge < -0.3 is 15.0 Å². The molecule has 0 bridgehead atoms. The van der Waals surface area contributed by atoms with Crippen molar-refractivity contribution in [2.24, 2.45) is 0 Å². The summed E-state index contributed by atoms with van der Waals surface area (Å²) in [5, 5.41) is 2.93. The number of para-hydroxylation sites is 1. The maximum absolute atomic E-state index is 14.0. The standard InChI is InChI=1S/C30H37N3O5S/c1-4-6-20-31-30(35)28(5-2)32(22-24-14-13-17-26(21-24)38-3)29(34)23-33(25-15-9-7-10-16-25)39(36,37)27-18-11-8-12-19-27/h7-19,21,28H,4-6,20,22-23H2,1-3H3,(H,31,35)/t28-/m0/s1. The highest BCUT2D eigenvalue weighted by Crippen LogP contribution is 2.25. The average molecular weight is 552 g/mol. The topological polar surface area (TPSA) is 96.0 Å². The predicted molar refractivity (Wildman–Crippen MR) is 153 cm³/mol. The first-order chi connectivity index (χ1) is 18.8. The summed E-state index contributed by atoms with van der Waals surface area (Å²) in [5.41, 5.74) is 1.12. The lowest BCUT2D eigenvalue weighted by Gasteiger charge is -2.33. The molecule has 2 amide bonds. The second kappa shape index (κ2) is 14.3. The van der Waals surface area contributed by atoms with Crippen molar-refractivity contribution in [3.8, 4) is 5.75 Å². The Morgan fingerprint density at radius 1 is 0.923 bits per heavy atom. The van der Waals surface area contributed by atoms with Crippen LogP contribution in [0.5, 0.6) is 5.75 Å². The number of rotatable bonds is 14. The smallest absolute Gasteiger partial charge is 0.264 e. The Balaban J connectivity index is 2.00. The summed E-state index contributed by atoms with van der Waals surface area (Å²) in [6.45, 7) is 4.03. The second-order valence-electron chi connectivity index (χ2n) is 9.10. The van der Waals surface area contributed by atoms with Crippen LogP contribution in [0, 0.1) is 0 Å². The minimum atomic E-state index is -4.07. The molecule has 0 aliphatic rings. The number of nitrogens with one attached hydrogen (secondary N) is 1. The lowest BCUT2D eigenvalue weighted by atomic mass is 10.1. The molecule has 0 heterocycles. The number of ether oxygens (including phenoxy) is 1. The zero-order valence-electron chi connectivity index (χ0n) is 22.7. The lowest BCUT2D eigenvalue weighted by molar-refractivity contribution is -0.140. The fourth-order valence-corrected chi connectivity index (χ4v) is 5.67. The molecule has 0 aliphatic carbocycles. The molecule has 3 aromatic carbocycles. The molecule has 0 saturated carbocycles. The monoisotopic (exact) mass is 551 g/mol. The predicted octanol–water partition coefficient (Wildman–Crippen LogP) is 4.61. The van der Waals surface area contributed by atoms with Gasteiger partial charge in [0.15, 0.2) is 0 Å². The van der Waals surface area contributed by atoms with Gasteiger partial charge in [0.2, 0.25) is 11.8 Å². The first-order valence-corrected chi connectivity index (χ1v) is 14.6. The van der Waals surface area contributed by atoms with Crippen molar-refractivity contribution in [3.63, 3.8) is 0 Å². The number of hydrogen-bond acceptors (Lipinski definition) is 5. The summed E-state index contributed by atoms with van der Waals surface area (Å²) in [6, 6.07) is 23.0. The summed E-state index contributed by atoms with van der Waals surface area (Å²) in [5.74, 6) is -0.129. The highest BCUT2D eigenvalue weighted by Gasteiger charge is 2.33. The third kappa shape index (κ3) is 7.83. The van der Waals surface area contributed by atoms with Gasteiger partial charge in [-0.2, -0.15) is 0 Å². The number of unbranched alkanes of at least 4 members (excludes halogenated alkanes) is 1. The van der Waals surface area contributed by atoms with Crippen LogP contribution in [-0.2, 0) is 26.2 Å². The van der Waals surface area contributed by atoms with Crippen molar-refractivity contribution in [3.05, 3.63) is 90.5 Å². The molecular formula is C30H37N3O5S. The zero-order chi connectivity index (χ0) is 28.3. The van der Waals surface area contributed by atoms with Crippen molar-refractivity contribution >= 4 is 27.5 Å². The molecule has 0 radical (unpaired) electrons. The number of methoxy groups -OCH3 is 1. The van der Waals surface area contributed by atoms with E-state index < -0.39 is 28.5 Å². The van der Waals surface area contributed by atoms with Crippen molar-refractivity contribution < 1.29 is 22.7 Å². The minimum absolute atomic E-state index is 0.0744. The van der Waals surface area contributed by atoms with E-state index >= 15 is 0 Å². The van der Waals surface area contributed by atoms with Gasteiger partial charge in [0.25, 0.3) is 10.0 Å². The molecule has 0 unspecified atom stereocenters. The molecule has 3 aromatic rings. The fourth-order valence-electron chi connectivity index (χ4n) is 4.24. The van der Waals surface area contributed by atoms with Crippen LogP contribution < -0.4 is 14.4 Å². The first-order valence-electron chi connectivity index (χ1n) is 13.1. The number of sulfonamides is 1. The van der Waals surface area contributed by atoms with Gasteiger partial charge in [0.05, 0.1) is 17.7 Å². The van der Waals surface area contributed by atoms with Gasteiger partial charge in [-0.3, -0.25) is 13.9 Å². The van der Waals surface area contributed by atoms with Crippen molar-refractivity contribution in [1.29, 1.82) is 0 Å². The summed E-state index contributed by atoms with van der Waals surface area (Å²) in [6.07, 6.45) is 2.11. The Hall–Kier alpha value is -3.85. The van der Waals surface area contributed by atoms with Crippen LogP contribution in [0.15, 0.2) is 89.8 Å². The summed E-state index contributed by atoms with van der Waals surface area (Å²) >= 11 is 0. The van der Waals surface area contributed by atoms with E-state index in [2.05, 4.69) is 5.32 Å². The largest absolute Gasteiger partial charge is 0.497 e. The van der Waals surface area contributed by atoms with E-state index in [-0.39, 0.29) is 17.3 Å². The molecule has 8 nitrogen and oxygen atoms in total. The van der Waals surface area contributed by atoms with Crippen molar-refractivity contribution in [1.82, 2.24) is 10.2 Å². The highest BCUT2D eigenvalue weighted by atomic mass is 32.2. The summed E-state index contributed by atoms with van der Waals surface area (Å²) in [4.78, 5) is 28.8. The highest BCUT2D eigenvalue weighted by molar-refractivity contribution is 7.92. The molecule has 1 atom stereocenters. The van der Waals surface area contributed by atoms with E-state index in [1.807, 2.05) is 26.0 Å². The summed E-state index contributed by atoms with van der Waals surface area (Å²) in [7, 11) is -2.51. The minimum Gasteiger partial charge on any atom is -0.497 e. The Kier molecular flexibility index (Phi) is 10.9. The van der Waals surface area contributed by atoms with Crippen LogP contribution >= 0.6 is 0 Å². The van der Waals surface area contributed by atoms with Gasteiger partial charge in [-0.1, -0.05) is 68.8 Å². The van der Waals surface area contributed by atoms with E-state index in [0.717, 1.165) is 22.7 Å². The number of amides is 2. The van der Waals surface area contributed by atoms with Gasteiger partial charge >= 0.3 is 0 Å². The van der Waals surface area contributed by atoms with Crippen LogP contribution in [0.1, 0.15) is 38.7 Å². The van der Waals surface area contributed by atoms with Gasteiger partial charge in [-0.05, 0) is 54.8 Å². The summed E-state index contributed by atoms with van der Waals surface area (Å²) < 4.78 is 33.9. The van der Waals surface area contributed by atoms with Crippen molar-refractivity contribution in [2.45, 2.75) is 50.6 Å². The first kappa shape index (κ1) is 29.7. The zero-order valence-corrected chi connectivity index (χ0v) is 23.6. The SMILES string of the molecule is CCCCNC(=O)[C@H](CC)N(Cc1cccc(OC)c1)C(=O)CN(c1ccccc1)S(=O)(=O)c1ccccc1. The Morgan fingerprint density at radius 3 is 2.21 bits per heavy atom. The third-order valence-corrected chi connectivity index (χ3v) is 8.14. The Morgan fingerprint density at radius 2 is 1.59 bits per heavy atom. The third-order valence-electron chi connectivity index (χ3n) is 6.36. The van der Waals surface area contributed by atoms with Gasteiger partial charge in [-0.25, -0.2) is 8.42 Å². The fraction of sp³-hybridized carbons (Fsp3) is 0.333. The number of hydrogen-bond donors (Lipinski definition) is 1. The van der Waals surface area contributed by atoms with Crippen LogP contribution in [0.25, 0.3) is 0 Å². The van der Waals surface area contributed by atoms with E-state index in [4.69, 9.17) is 4.74 Å². The van der Waals surface area contributed by atoms with E-state index in [1.165, 1.54) is 17.0 Å². The Labute approximate surface area is 231 Å². The molecule has 0 spiro atoms. The molecular weight excluding hydrogens is 514 g/mol. The lowest BCUT2D eigenvalue weighted by Crippen LogP contribution is -2.52. The van der Waals surface area contributed by atoms with Crippen LogP contribution in [0.4, 0.5) is 5.69 Å². The normalized spacial score (nSPS) is 11.9. The maximum atomic E-state index is 14.0. The number of nitrogens with zero attached hydrogens (tertiary/aromatic N) is 2. The number of anilines is 1. The molecule has 3 rings (SSSR count). The van der Waals surface area contributed by atoms with Crippen LogP contribution in [-0.4, -0.2) is 51.4 Å². The molecule has 1 N–H and O–H groups in total.